The SMILES string of the molecule is O=C(O)CCC(Cc1ccccc1)NC1CCN(CCc2ccc(F)cc2)CC1. The maximum absolute atomic E-state index is 13.0. The molecule has 1 unspecified atom stereocenters. The number of carbonyl (C=O) groups is 1. The second-order valence-corrected chi connectivity index (χ2v) is 7.98. The largest absolute Gasteiger partial charge is 0.481 e. The summed E-state index contributed by atoms with van der Waals surface area (Å²) in [6.45, 7) is 3.07. The molecule has 2 aromatic rings. The van der Waals surface area contributed by atoms with Crippen molar-refractivity contribution in [2.75, 3.05) is 19.6 Å². The Kier molecular flexibility index (Phi) is 8.20. The Morgan fingerprint density at radius 1 is 1.07 bits per heavy atom. The quantitative estimate of drug-likeness (QED) is 0.637. The van der Waals surface area contributed by atoms with Gasteiger partial charge >= 0.3 is 5.97 Å². The van der Waals surface area contributed by atoms with Crippen molar-refractivity contribution >= 4 is 5.97 Å². The van der Waals surface area contributed by atoms with Crippen LogP contribution in [0.3, 0.4) is 0 Å². The van der Waals surface area contributed by atoms with E-state index in [1.54, 1.807) is 0 Å². The van der Waals surface area contributed by atoms with Crippen LogP contribution in [0.5, 0.6) is 0 Å². The number of nitrogens with one attached hydrogen (secondary N) is 1. The lowest BCUT2D eigenvalue weighted by atomic mass is 9.97. The highest BCUT2D eigenvalue weighted by Gasteiger charge is 2.22. The molecular weight excluding hydrogens is 367 g/mol. The lowest BCUT2D eigenvalue weighted by molar-refractivity contribution is -0.137. The molecule has 0 radical (unpaired) electrons. The second kappa shape index (κ2) is 11.1. The van der Waals surface area contributed by atoms with Crippen LogP contribution in [0.4, 0.5) is 4.39 Å². The number of halogens is 1. The highest BCUT2D eigenvalue weighted by atomic mass is 19.1. The molecule has 2 aromatic carbocycles. The predicted molar refractivity (Wildman–Crippen MR) is 114 cm³/mol. The number of aliphatic carboxylic acids is 1. The van der Waals surface area contributed by atoms with Crippen molar-refractivity contribution < 1.29 is 14.3 Å². The third kappa shape index (κ3) is 7.59. The highest BCUT2D eigenvalue weighted by molar-refractivity contribution is 5.66. The van der Waals surface area contributed by atoms with E-state index in [1.165, 1.54) is 23.3 Å². The fourth-order valence-electron chi connectivity index (χ4n) is 4.04. The molecule has 156 valence electrons. The molecule has 2 N–H and O–H groups in total. The van der Waals surface area contributed by atoms with E-state index in [-0.39, 0.29) is 18.3 Å². The summed E-state index contributed by atoms with van der Waals surface area (Å²) in [6.07, 6.45) is 4.78. The smallest absolute Gasteiger partial charge is 0.303 e. The second-order valence-electron chi connectivity index (χ2n) is 7.98. The molecule has 0 amide bonds. The van der Waals surface area contributed by atoms with Crippen LogP contribution in [0, 0.1) is 5.82 Å². The van der Waals surface area contributed by atoms with Crippen LogP contribution in [0.1, 0.15) is 36.8 Å². The van der Waals surface area contributed by atoms with Crippen molar-refractivity contribution in [2.24, 2.45) is 0 Å². The average Bonchev–Trinajstić information content (AvgIpc) is 2.73. The fraction of sp³-hybridized carbons (Fsp3) is 0.458. The molecule has 1 atom stereocenters. The summed E-state index contributed by atoms with van der Waals surface area (Å²) in [6, 6.07) is 17.7. The number of hydrogen-bond donors (Lipinski definition) is 2. The van der Waals surface area contributed by atoms with Gasteiger partial charge < -0.3 is 15.3 Å². The number of hydrogen-bond acceptors (Lipinski definition) is 3. The maximum Gasteiger partial charge on any atom is 0.303 e. The molecule has 0 saturated carbocycles. The van der Waals surface area contributed by atoms with Gasteiger partial charge in [0, 0.05) is 25.0 Å². The van der Waals surface area contributed by atoms with Gasteiger partial charge in [-0.15, -0.1) is 0 Å². The van der Waals surface area contributed by atoms with Crippen molar-refractivity contribution in [3.63, 3.8) is 0 Å². The maximum atomic E-state index is 13.0. The molecule has 1 aliphatic rings. The molecule has 0 bridgehead atoms. The van der Waals surface area contributed by atoms with E-state index in [4.69, 9.17) is 5.11 Å². The fourth-order valence-corrected chi connectivity index (χ4v) is 4.04. The first-order valence-electron chi connectivity index (χ1n) is 10.6. The van der Waals surface area contributed by atoms with Crippen molar-refractivity contribution in [3.8, 4) is 0 Å². The van der Waals surface area contributed by atoms with E-state index in [0.29, 0.717) is 12.5 Å². The summed E-state index contributed by atoms with van der Waals surface area (Å²) in [5.41, 5.74) is 2.41. The van der Waals surface area contributed by atoms with Crippen molar-refractivity contribution in [3.05, 3.63) is 71.5 Å². The van der Waals surface area contributed by atoms with Gasteiger partial charge in [-0.25, -0.2) is 4.39 Å². The molecule has 0 aliphatic carbocycles. The van der Waals surface area contributed by atoms with E-state index in [1.807, 2.05) is 30.3 Å². The summed E-state index contributed by atoms with van der Waals surface area (Å²) in [5.74, 6) is -0.922. The van der Waals surface area contributed by atoms with Gasteiger partial charge in [-0.3, -0.25) is 4.79 Å². The van der Waals surface area contributed by atoms with Crippen LogP contribution >= 0.6 is 0 Å². The molecule has 1 saturated heterocycles. The monoisotopic (exact) mass is 398 g/mol. The van der Waals surface area contributed by atoms with Crippen molar-refractivity contribution in [1.82, 2.24) is 10.2 Å². The third-order valence-corrected chi connectivity index (χ3v) is 5.72. The Bertz CT molecular complexity index is 743. The van der Waals surface area contributed by atoms with Gasteiger partial charge in [-0.05, 0) is 68.5 Å². The Balaban J connectivity index is 1.44. The first kappa shape index (κ1) is 21.5. The van der Waals surface area contributed by atoms with Gasteiger partial charge in [0.1, 0.15) is 5.82 Å². The van der Waals surface area contributed by atoms with Crippen LogP contribution < -0.4 is 5.32 Å². The molecule has 0 spiro atoms. The topological polar surface area (TPSA) is 52.6 Å². The number of likely N-dealkylation sites (tertiary alicyclic amines) is 1. The summed E-state index contributed by atoms with van der Waals surface area (Å²) < 4.78 is 13.0. The van der Waals surface area contributed by atoms with Crippen LogP contribution in [0.15, 0.2) is 54.6 Å². The molecule has 1 aliphatic heterocycles. The Hall–Kier alpha value is -2.24. The third-order valence-electron chi connectivity index (χ3n) is 5.72. The first-order valence-corrected chi connectivity index (χ1v) is 10.6. The molecule has 1 heterocycles. The first-order chi connectivity index (χ1) is 14.1. The van der Waals surface area contributed by atoms with Gasteiger partial charge in [0.25, 0.3) is 0 Å². The van der Waals surface area contributed by atoms with Crippen LogP contribution in [-0.4, -0.2) is 47.7 Å². The van der Waals surface area contributed by atoms with Gasteiger partial charge in [0.15, 0.2) is 0 Å². The number of piperidine rings is 1. The zero-order valence-electron chi connectivity index (χ0n) is 16.9. The number of nitrogens with zero attached hydrogens (tertiary/aromatic N) is 1. The lowest BCUT2D eigenvalue weighted by Gasteiger charge is -2.34. The molecule has 4 nitrogen and oxygen atoms in total. The Labute approximate surface area is 172 Å². The average molecular weight is 399 g/mol. The number of rotatable bonds is 10. The Morgan fingerprint density at radius 2 is 1.76 bits per heavy atom. The molecule has 1 fully saturated rings. The van der Waals surface area contributed by atoms with E-state index in [9.17, 15) is 9.18 Å². The van der Waals surface area contributed by atoms with E-state index >= 15 is 0 Å². The zero-order chi connectivity index (χ0) is 20.5. The summed E-state index contributed by atoms with van der Waals surface area (Å²) in [4.78, 5) is 13.5. The summed E-state index contributed by atoms with van der Waals surface area (Å²) in [5, 5.41) is 12.8. The molecule has 5 heteroatoms. The predicted octanol–water partition coefficient (Wildman–Crippen LogP) is 3.90. The minimum Gasteiger partial charge on any atom is -0.481 e. The minimum atomic E-state index is -0.736. The molecule has 29 heavy (non-hydrogen) atoms. The van der Waals surface area contributed by atoms with E-state index < -0.39 is 5.97 Å². The number of carboxylic acids is 1. The standard InChI is InChI=1S/C24H31FN2O2/c25-21-8-6-19(7-9-21)12-15-27-16-13-22(14-17-27)26-23(10-11-24(28)29)18-20-4-2-1-3-5-20/h1-9,22-23,26H,10-18H2,(H,28,29). The molecule has 3 rings (SSSR count). The van der Waals surface area contributed by atoms with Crippen LogP contribution in [0.2, 0.25) is 0 Å². The minimum absolute atomic E-state index is 0.185. The van der Waals surface area contributed by atoms with E-state index in [2.05, 4.69) is 22.3 Å². The lowest BCUT2D eigenvalue weighted by Crippen LogP contribution is -2.47. The van der Waals surface area contributed by atoms with Crippen LogP contribution in [0.25, 0.3) is 0 Å². The summed E-state index contributed by atoms with van der Waals surface area (Å²) in [7, 11) is 0. The normalized spacial score (nSPS) is 16.6. The van der Waals surface area contributed by atoms with Crippen molar-refractivity contribution in [1.29, 1.82) is 0 Å². The number of benzene rings is 2. The summed E-state index contributed by atoms with van der Waals surface area (Å²) >= 11 is 0. The zero-order valence-corrected chi connectivity index (χ0v) is 16.9. The highest BCUT2D eigenvalue weighted by Crippen LogP contribution is 2.15. The van der Waals surface area contributed by atoms with Gasteiger partial charge in [0.05, 0.1) is 0 Å². The van der Waals surface area contributed by atoms with Gasteiger partial charge in [-0.1, -0.05) is 42.5 Å². The number of carboxylic acid groups (broad SMARTS) is 1. The molecule has 0 aromatic heterocycles. The van der Waals surface area contributed by atoms with Crippen LogP contribution in [-0.2, 0) is 17.6 Å². The van der Waals surface area contributed by atoms with Gasteiger partial charge in [0.2, 0.25) is 0 Å². The van der Waals surface area contributed by atoms with Gasteiger partial charge in [-0.2, -0.15) is 0 Å². The van der Waals surface area contributed by atoms with E-state index in [0.717, 1.165) is 45.3 Å². The molecular formula is C24H31FN2O2. The Morgan fingerprint density at radius 3 is 2.41 bits per heavy atom. The van der Waals surface area contributed by atoms with Crippen molar-refractivity contribution in [2.45, 2.75) is 50.6 Å².